The molecule has 2 aromatic heterocycles. The Hall–Kier alpha value is -3.77. The number of anilines is 1. The minimum atomic E-state index is 0.880. The van der Waals surface area contributed by atoms with Crippen LogP contribution in [0.25, 0.3) is 22.9 Å². The lowest BCUT2D eigenvalue weighted by Gasteiger charge is -2.12. The number of hydrogen-bond acceptors (Lipinski definition) is 4. The summed E-state index contributed by atoms with van der Waals surface area (Å²) in [7, 11) is 5.87. The van der Waals surface area contributed by atoms with E-state index in [9.17, 15) is 0 Å². The van der Waals surface area contributed by atoms with Gasteiger partial charge in [0.25, 0.3) is 5.82 Å². The van der Waals surface area contributed by atoms with Crippen molar-refractivity contribution in [1.82, 2.24) is 9.55 Å². The van der Waals surface area contributed by atoms with Crippen LogP contribution < -0.4 is 14.2 Å². The molecule has 0 amide bonds. The molecule has 0 N–H and O–H groups in total. The zero-order valence-electron chi connectivity index (χ0n) is 18.8. The zero-order valence-corrected chi connectivity index (χ0v) is 19.7. The van der Waals surface area contributed by atoms with Gasteiger partial charge in [0.2, 0.25) is 5.82 Å². The van der Waals surface area contributed by atoms with Crippen LogP contribution in [-0.4, -0.2) is 23.7 Å². The first-order chi connectivity index (χ1) is 16.2. The van der Waals surface area contributed by atoms with Gasteiger partial charge >= 0.3 is 0 Å². The fourth-order valence-corrected chi connectivity index (χ4v) is 5.11. The predicted molar refractivity (Wildman–Crippen MR) is 136 cm³/mol. The van der Waals surface area contributed by atoms with Crippen LogP contribution in [0.2, 0.25) is 0 Å². The van der Waals surface area contributed by atoms with Gasteiger partial charge in [-0.25, -0.2) is 9.55 Å². The Morgan fingerprint density at radius 1 is 1.00 bits per heavy atom. The summed E-state index contributed by atoms with van der Waals surface area (Å²) in [4.78, 5) is 7.99. The number of fused-ring (bicyclic) bond motifs is 2. The van der Waals surface area contributed by atoms with Gasteiger partial charge in [-0.15, -0.1) is 0 Å². The number of rotatable bonds is 5. The van der Waals surface area contributed by atoms with Crippen molar-refractivity contribution in [3.05, 3.63) is 102 Å². The van der Waals surface area contributed by atoms with Crippen molar-refractivity contribution < 1.29 is 9.30 Å². The SMILES string of the molecule is COc1ccc2c(c1)S\C(=C/C=C/C=C/c1n(-c3ccccn3)c3ccccc3[n+]1C)N2C. The summed E-state index contributed by atoms with van der Waals surface area (Å²) in [6.07, 6.45) is 12.3. The molecule has 0 unspecified atom stereocenters. The zero-order chi connectivity index (χ0) is 22.8. The summed E-state index contributed by atoms with van der Waals surface area (Å²) >= 11 is 1.75. The van der Waals surface area contributed by atoms with Gasteiger partial charge in [-0.05, 0) is 42.5 Å². The molecule has 0 radical (unpaired) electrons. The van der Waals surface area contributed by atoms with E-state index >= 15 is 0 Å². The van der Waals surface area contributed by atoms with E-state index in [1.807, 2.05) is 30.5 Å². The number of aryl methyl sites for hydroxylation is 1. The highest BCUT2D eigenvalue weighted by Gasteiger charge is 2.23. The van der Waals surface area contributed by atoms with E-state index in [1.165, 1.54) is 15.6 Å². The van der Waals surface area contributed by atoms with Gasteiger partial charge < -0.3 is 9.64 Å². The molecule has 0 saturated carbocycles. The summed E-state index contributed by atoms with van der Waals surface area (Å²) < 4.78 is 9.73. The molecular formula is C27H25N4OS+. The van der Waals surface area contributed by atoms with Crippen LogP contribution in [0.1, 0.15) is 5.82 Å². The summed E-state index contributed by atoms with van der Waals surface area (Å²) in [6, 6.07) is 20.5. The number of allylic oxidation sites excluding steroid dienone is 4. The number of methoxy groups -OCH3 is 1. The molecule has 0 fully saturated rings. The molecule has 1 aliphatic heterocycles. The van der Waals surface area contributed by atoms with Crippen molar-refractivity contribution in [3.8, 4) is 11.6 Å². The molecule has 2 aromatic carbocycles. The van der Waals surface area contributed by atoms with Crippen molar-refractivity contribution in [2.45, 2.75) is 4.90 Å². The first kappa shape index (κ1) is 21.1. The Labute approximate surface area is 198 Å². The highest BCUT2D eigenvalue weighted by atomic mass is 32.2. The number of ether oxygens (including phenoxy) is 1. The molecule has 5 rings (SSSR count). The standard InChI is InChI=1S/C27H25N4OS/c1-29-21-11-7-8-12-22(21)31(25-13-9-10-18-28-25)26(29)14-5-4-6-15-27-30(2)23-17-16-20(32-3)19-24(23)33-27/h4-19H,1-3H3/q+1. The second-order valence-electron chi connectivity index (χ2n) is 7.67. The monoisotopic (exact) mass is 453 g/mol. The van der Waals surface area contributed by atoms with Gasteiger partial charge in [-0.1, -0.05) is 48.2 Å². The van der Waals surface area contributed by atoms with Crippen LogP contribution in [0.5, 0.6) is 5.75 Å². The third-order valence-corrected chi connectivity index (χ3v) is 6.88. The van der Waals surface area contributed by atoms with Crippen LogP contribution in [0, 0.1) is 0 Å². The average molecular weight is 454 g/mol. The normalized spacial score (nSPS) is 14.8. The molecule has 0 bridgehead atoms. The maximum atomic E-state index is 5.36. The Balaban J connectivity index is 1.42. The lowest BCUT2D eigenvalue weighted by molar-refractivity contribution is -0.647. The van der Waals surface area contributed by atoms with Gasteiger partial charge in [-0.2, -0.15) is 4.57 Å². The maximum Gasteiger partial charge on any atom is 0.288 e. The van der Waals surface area contributed by atoms with E-state index in [-0.39, 0.29) is 0 Å². The Morgan fingerprint density at radius 2 is 1.85 bits per heavy atom. The van der Waals surface area contributed by atoms with Crippen molar-refractivity contribution >= 4 is 34.6 Å². The summed E-state index contributed by atoms with van der Waals surface area (Å²) in [5, 5.41) is 1.18. The minimum Gasteiger partial charge on any atom is -0.497 e. The molecule has 3 heterocycles. The number of hydrogen-bond donors (Lipinski definition) is 0. The number of imidazole rings is 1. The number of para-hydroxylation sites is 2. The van der Waals surface area contributed by atoms with E-state index in [4.69, 9.17) is 4.74 Å². The molecule has 0 saturated heterocycles. The van der Waals surface area contributed by atoms with Gasteiger partial charge in [0.05, 0.1) is 24.9 Å². The molecule has 0 spiro atoms. The Morgan fingerprint density at radius 3 is 2.67 bits per heavy atom. The molecule has 164 valence electrons. The number of nitrogens with zero attached hydrogens (tertiary/aromatic N) is 4. The molecule has 0 aliphatic carbocycles. The predicted octanol–water partition coefficient (Wildman–Crippen LogP) is 5.51. The smallest absolute Gasteiger partial charge is 0.288 e. The maximum absolute atomic E-state index is 5.36. The number of thioether (sulfide) groups is 1. The van der Waals surface area contributed by atoms with E-state index in [0.29, 0.717) is 0 Å². The van der Waals surface area contributed by atoms with E-state index in [2.05, 4.69) is 99.9 Å². The first-order valence-electron chi connectivity index (χ1n) is 10.7. The van der Waals surface area contributed by atoms with Crippen LogP contribution in [-0.2, 0) is 7.05 Å². The molecule has 6 heteroatoms. The number of benzene rings is 2. The fraction of sp³-hybridized carbons (Fsp3) is 0.111. The molecule has 4 aromatic rings. The van der Waals surface area contributed by atoms with Gasteiger partial charge in [0.1, 0.15) is 5.75 Å². The van der Waals surface area contributed by atoms with Crippen LogP contribution >= 0.6 is 11.8 Å². The van der Waals surface area contributed by atoms with Gasteiger partial charge in [-0.3, -0.25) is 0 Å². The van der Waals surface area contributed by atoms with Crippen molar-refractivity contribution in [2.24, 2.45) is 7.05 Å². The molecule has 0 atom stereocenters. The number of pyridine rings is 1. The van der Waals surface area contributed by atoms with Crippen LogP contribution in [0.15, 0.2) is 101 Å². The third-order valence-electron chi connectivity index (χ3n) is 5.71. The summed E-state index contributed by atoms with van der Waals surface area (Å²) in [5.41, 5.74) is 3.48. The Bertz CT molecular complexity index is 1400. The van der Waals surface area contributed by atoms with E-state index in [1.54, 1.807) is 18.9 Å². The quantitative estimate of drug-likeness (QED) is 0.295. The minimum absolute atomic E-state index is 0.880. The van der Waals surface area contributed by atoms with Crippen LogP contribution in [0.4, 0.5) is 5.69 Å². The lowest BCUT2D eigenvalue weighted by atomic mass is 10.3. The van der Waals surface area contributed by atoms with E-state index in [0.717, 1.165) is 28.4 Å². The highest BCUT2D eigenvalue weighted by molar-refractivity contribution is 8.03. The molecular weight excluding hydrogens is 428 g/mol. The third kappa shape index (κ3) is 3.94. The van der Waals surface area contributed by atoms with Crippen molar-refractivity contribution in [2.75, 3.05) is 19.1 Å². The molecule has 33 heavy (non-hydrogen) atoms. The van der Waals surface area contributed by atoms with Crippen LogP contribution in [0.3, 0.4) is 0 Å². The van der Waals surface area contributed by atoms with Gasteiger partial charge in [0.15, 0.2) is 11.0 Å². The largest absolute Gasteiger partial charge is 0.497 e. The topological polar surface area (TPSA) is 34.2 Å². The van der Waals surface area contributed by atoms with Gasteiger partial charge in [0, 0.05) is 30.3 Å². The number of aromatic nitrogens is 3. The lowest BCUT2D eigenvalue weighted by Crippen LogP contribution is -2.30. The van der Waals surface area contributed by atoms with Crippen molar-refractivity contribution in [3.63, 3.8) is 0 Å². The highest BCUT2D eigenvalue weighted by Crippen LogP contribution is 2.46. The second-order valence-corrected chi connectivity index (χ2v) is 8.74. The molecule has 1 aliphatic rings. The fourth-order valence-electron chi connectivity index (χ4n) is 4.02. The first-order valence-corrected chi connectivity index (χ1v) is 11.5. The second kappa shape index (κ2) is 9.00. The van der Waals surface area contributed by atoms with Crippen molar-refractivity contribution in [1.29, 1.82) is 0 Å². The Kier molecular flexibility index (Phi) is 5.75. The summed E-state index contributed by atoms with van der Waals surface area (Å²) in [6.45, 7) is 0. The summed E-state index contributed by atoms with van der Waals surface area (Å²) in [5.74, 6) is 2.84. The molecule has 5 nitrogen and oxygen atoms in total. The van der Waals surface area contributed by atoms with E-state index < -0.39 is 0 Å². The average Bonchev–Trinajstić information content (AvgIpc) is 3.32.